The highest BCUT2D eigenvalue weighted by molar-refractivity contribution is 5.78. The van der Waals surface area contributed by atoms with Crippen LogP contribution in [0.3, 0.4) is 0 Å². The summed E-state index contributed by atoms with van der Waals surface area (Å²) in [6, 6.07) is 8.05. The first-order chi connectivity index (χ1) is 10.0. The van der Waals surface area contributed by atoms with E-state index in [1.54, 1.807) is 7.11 Å². The van der Waals surface area contributed by atoms with Crippen LogP contribution in [0.2, 0.25) is 0 Å². The molecule has 0 saturated carbocycles. The van der Waals surface area contributed by atoms with Crippen molar-refractivity contribution in [3.05, 3.63) is 29.8 Å². The Morgan fingerprint density at radius 1 is 1.38 bits per heavy atom. The number of amides is 1. The van der Waals surface area contributed by atoms with Crippen LogP contribution in [-0.2, 0) is 10.2 Å². The summed E-state index contributed by atoms with van der Waals surface area (Å²) in [5.41, 5.74) is 1.06. The highest BCUT2D eigenvalue weighted by Gasteiger charge is 2.25. The Bertz CT molecular complexity index is 479. The highest BCUT2D eigenvalue weighted by Crippen LogP contribution is 2.26. The second-order valence-electron chi connectivity index (χ2n) is 6.36. The molecule has 4 nitrogen and oxygen atoms in total. The molecule has 1 heterocycles. The van der Waals surface area contributed by atoms with Gasteiger partial charge in [-0.15, -0.1) is 0 Å². The maximum absolute atomic E-state index is 12.2. The van der Waals surface area contributed by atoms with Crippen LogP contribution in [0, 0.1) is 5.92 Å². The Hall–Kier alpha value is -1.55. The third-order valence-electron chi connectivity index (χ3n) is 4.27. The molecule has 0 spiro atoms. The molecule has 1 aliphatic heterocycles. The van der Waals surface area contributed by atoms with Crippen LogP contribution in [0.25, 0.3) is 0 Å². The van der Waals surface area contributed by atoms with Crippen molar-refractivity contribution < 1.29 is 9.53 Å². The molecule has 1 aromatic carbocycles. The van der Waals surface area contributed by atoms with Gasteiger partial charge in [-0.2, -0.15) is 0 Å². The van der Waals surface area contributed by atoms with E-state index in [0.717, 1.165) is 31.7 Å². The molecule has 0 aliphatic carbocycles. The molecule has 0 unspecified atom stereocenters. The number of benzene rings is 1. The average Bonchev–Trinajstić information content (AvgIpc) is 2.53. The molecule has 4 heteroatoms. The molecule has 2 N–H and O–H groups in total. The van der Waals surface area contributed by atoms with Crippen LogP contribution in [0.1, 0.15) is 32.3 Å². The van der Waals surface area contributed by atoms with Gasteiger partial charge in [0.15, 0.2) is 0 Å². The van der Waals surface area contributed by atoms with E-state index in [1.165, 1.54) is 5.56 Å². The van der Waals surface area contributed by atoms with Gasteiger partial charge in [-0.05, 0) is 43.6 Å². The quantitative estimate of drug-likeness (QED) is 0.873. The highest BCUT2D eigenvalue weighted by atomic mass is 16.5. The molecule has 0 radical (unpaired) electrons. The minimum absolute atomic E-state index is 0.114. The predicted octanol–water partition coefficient (Wildman–Crippen LogP) is 2.09. The van der Waals surface area contributed by atoms with Gasteiger partial charge in [-0.25, -0.2) is 0 Å². The van der Waals surface area contributed by atoms with Crippen LogP contribution < -0.4 is 15.4 Å². The zero-order valence-corrected chi connectivity index (χ0v) is 13.2. The Balaban J connectivity index is 1.95. The van der Waals surface area contributed by atoms with Crippen molar-refractivity contribution in [1.82, 2.24) is 10.6 Å². The Morgan fingerprint density at radius 3 is 2.76 bits per heavy atom. The number of carbonyl (C=O) groups is 1. The van der Waals surface area contributed by atoms with Gasteiger partial charge >= 0.3 is 0 Å². The van der Waals surface area contributed by atoms with Gasteiger partial charge in [0.1, 0.15) is 5.75 Å². The van der Waals surface area contributed by atoms with Gasteiger partial charge in [0.25, 0.3) is 0 Å². The fraction of sp³-hybridized carbons (Fsp3) is 0.588. The lowest BCUT2D eigenvalue weighted by Gasteiger charge is -2.28. The molecule has 21 heavy (non-hydrogen) atoms. The van der Waals surface area contributed by atoms with E-state index in [0.29, 0.717) is 6.54 Å². The molecule has 116 valence electrons. The van der Waals surface area contributed by atoms with Crippen LogP contribution in [-0.4, -0.2) is 32.7 Å². The SMILES string of the molecule is COc1cccc(C(C)(C)CNC(=O)C2CCNCC2)c1. The third kappa shape index (κ3) is 4.21. The summed E-state index contributed by atoms with van der Waals surface area (Å²) in [5.74, 6) is 1.20. The molecule has 1 amide bonds. The van der Waals surface area contributed by atoms with Crippen LogP contribution in [0.5, 0.6) is 5.75 Å². The van der Waals surface area contributed by atoms with E-state index in [4.69, 9.17) is 4.74 Å². The lowest BCUT2D eigenvalue weighted by Crippen LogP contribution is -2.42. The van der Waals surface area contributed by atoms with Crippen molar-refractivity contribution in [2.75, 3.05) is 26.7 Å². The number of piperidine rings is 1. The van der Waals surface area contributed by atoms with Crippen molar-refractivity contribution in [3.8, 4) is 5.75 Å². The first-order valence-electron chi connectivity index (χ1n) is 7.66. The molecule has 0 bridgehead atoms. The number of nitrogens with one attached hydrogen (secondary N) is 2. The standard InChI is InChI=1S/C17H26N2O2/c1-17(2,14-5-4-6-15(11-14)21-3)12-19-16(20)13-7-9-18-10-8-13/h4-6,11,13,18H,7-10,12H2,1-3H3,(H,19,20). The first-order valence-corrected chi connectivity index (χ1v) is 7.66. The molecule has 1 fully saturated rings. The van der Waals surface area contributed by atoms with Gasteiger partial charge in [-0.1, -0.05) is 26.0 Å². The van der Waals surface area contributed by atoms with Crippen molar-refractivity contribution in [1.29, 1.82) is 0 Å². The second kappa shape index (κ2) is 6.94. The van der Waals surface area contributed by atoms with Crippen LogP contribution in [0.4, 0.5) is 0 Å². The Kier molecular flexibility index (Phi) is 5.23. The summed E-state index contributed by atoms with van der Waals surface area (Å²) in [5, 5.41) is 6.41. The average molecular weight is 290 g/mol. The number of carbonyl (C=O) groups excluding carboxylic acids is 1. The number of methoxy groups -OCH3 is 1. The number of rotatable bonds is 5. The normalized spacial score (nSPS) is 16.5. The van der Waals surface area contributed by atoms with E-state index in [2.05, 4.69) is 30.5 Å². The fourth-order valence-corrected chi connectivity index (χ4v) is 2.68. The molecule has 1 aromatic rings. The lowest BCUT2D eigenvalue weighted by molar-refractivity contribution is -0.125. The topological polar surface area (TPSA) is 50.4 Å². The van der Waals surface area contributed by atoms with Crippen LogP contribution in [0.15, 0.2) is 24.3 Å². The zero-order chi connectivity index (χ0) is 15.3. The fourth-order valence-electron chi connectivity index (χ4n) is 2.68. The molecule has 0 atom stereocenters. The second-order valence-corrected chi connectivity index (χ2v) is 6.36. The molecular formula is C17H26N2O2. The number of hydrogen-bond donors (Lipinski definition) is 2. The molecule has 2 rings (SSSR count). The van der Waals surface area contributed by atoms with E-state index in [9.17, 15) is 4.79 Å². The summed E-state index contributed by atoms with van der Waals surface area (Å²) in [6.45, 7) is 6.81. The third-order valence-corrected chi connectivity index (χ3v) is 4.27. The smallest absolute Gasteiger partial charge is 0.223 e. The minimum Gasteiger partial charge on any atom is -0.497 e. The number of hydrogen-bond acceptors (Lipinski definition) is 3. The molecule has 1 saturated heterocycles. The summed E-state index contributed by atoms with van der Waals surface area (Å²) >= 11 is 0. The summed E-state index contributed by atoms with van der Waals surface area (Å²) in [4.78, 5) is 12.2. The van der Waals surface area contributed by atoms with Gasteiger partial charge in [0.2, 0.25) is 5.91 Å². The maximum Gasteiger partial charge on any atom is 0.223 e. The molecule has 1 aliphatic rings. The summed E-state index contributed by atoms with van der Waals surface area (Å²) in [6.07, 6.45) is 1.87. The van der Waals surface area contributed by atoms with E-state index < -0.39 is 0 Å². The monoisotopic (exact) mass is 290 g/mol. The van der Waals surface area contributed by atoms with E-state index in [1.807, 2.05) is 18.2 Å². The van der Waals surface area contributed by atoms with E-state index >= 15 is 0 Å². The van der Waals surface area contributed by atoms with Gasteiger partial charge < -0.3 is 15.4 Å². The minimum atomic E-state index is -0.114. The Labute approximate surface area is 127 Å². The van der Waals surface area contributed by atoms with Crippen molar-refractivity contribution in [3.63, 3.8) is 0 Å². The lowest BCUT2D eigenvalue weighted by atomic mass is 9.84. The van der Waals surface area contributed by atoms with Gasteiger partial charge in [0.05, 0.1) is 7.11 Å². The molecular weight excluding hydrogens is 264 g/mol. The van der Waals surface area contributed by atoms with Crippen molar-refractivity contribution >= 4 is 5.91 Å². The van der Waals surface area contributed by atoms with Crippen molar-refractivity contribution in [2.45, 2.75) is 32.1 Å². The predicted molar refractivity (Wildman–Crippen MR) is 84.6 cm³/mol. The zero-order valence-electron chi connectivity index (χ0n) is 13.2. The summed E-state index contributed by atoms with van der Waals surface area (Å²) in [7, 11) is 1.67. The van der Waals surface area contributed by atoms with E-state index in [-0.39, 0.29) is 17.2 Å². The molecule has 0 aromatic heterocycles. The largest absolute Gasteiger partial charge is 0.497 e. The van der Waals surface area contributed by atoms with Crippen LogP contribution >= 0.6 is 0 Å². The number of ether oxygens (including phenoxy) is 1. The first kappa shape index (κ1) is 15.8. The van der Waals surface area contributed by atoms with Gasteiger partial charge in [0, 0.05) is 17.9 Å². The van der Waals surface area contributed by atoms with Crippen molar-refractivity contribution in [2.24, 2.45) is 5.92 Å². The maximum atomic E-state index is 12.2. The van der Waals surface area contributed by atoms with Gasteiger partial charge in [-0.3, -0.25) is 4.79 Å². The Morgan fingerprint density at radius 2 is 2.10 bits per heavy atom. The summed E-state index contributed by atoms with van der Waals surface area (Å²) < 4.78 is 5.28.